The number of benzene rings is 1. The van der Waals surface area contributed by atoms with Crippen molar-refractivity contribution in [2.24, 2.45) is 0 Å². The van der Waals surface area contributed by atoms with Crippen molar-refractivity contribution in [1.82, 2.24) is 4.98 Å². The van der Waals surface area contributed by atoms with Gasteiger partial charge in [-0.2, -0.15) is 0 Å². The Bertz CT molecular complexity index is 540. The van der Waals surface area contributed by atoms with Crippen LogP contribution in [-0.2, 0) is 11.2 Å². The maximum absolute atomic E-state index is 12.7. The molecule has 3 nitrogen and oxygen atoms in total. The van der Waals surface area contributed by atoms with Crippen LogP contribution in [-0.4, -0.2) is 16.1 Å². The third kappa shape index (κ3) is 3.56. The van der Waals surface area contributed by atoms with Crippen molar-refractivity contribution in [3.05, 3.63) is 54.0 Å². The van der Waals surface area contributed by atoms with Crippen LogP contribution < -0.4 is 0 Å². The molecule has 0 saturated heterocycles. The van der Waals surface area contributed by atoms with E-state index >= 15 is 0 Å². The molecule has 0 fully saturated rings. The fraction of sp³-hybridized carbons (Fsp3) is 0.0769. The van der Waals surface area contributed by atoms with Crippen LogP contribution in [0.15, 0.2) is 52.5 Å². The molecule has 0 unspecified atom stereocenters. The minimum absolute atomic E-state index is 0.0136. The molecule has 0 bridgehead atoms. The number of pyridine rings is 1. The zero-order chi connectivity index (χ0) is 13.0. The highest BCUT2D eigenvalue weighted by Crippen LogP contribution is 2.26. The summed E-state index contributed by atoms with van der Waals surface area (Å²) in [6, 6.07) is 10.1. The van der Waals surface area contributed by atoms with E-state index < -0.39 is 5.97 Å². The summed E-state index contributed by atoms with van der Waals surface area (Å²) in [5.74, 6) is -1.22. The van der Waals surface area contributed by atoms with Crippen LogP contribution in [0.25, 0.3) is 0 Å². The van der Waals surface area contributed by atoms with Crippen molar-refractivity contribution in [2.75, 3.05) is 0 Å². The van der Waals surface area contributed by atoms with Crippen molar-refractivity contribution in [3.63, 3.8) is 0 Å². The Balaban J connectivity index is 2.06. The number of carboxylic acids is 1. The minimum Gasteiger partial charge on any atom is -0.481 e. The first-order valence-corrected chi connectivity index (χ1v) is 6.05. The van der Waals surface area contributed by atoms with E-state index in [0.29, 0.717) is 5.03 Å². The second-order valence-corrected chi connectivity index (χ2v) is 4.72. The van der Waals surface area contributed by atoms with E-state index in [9.17, 15) is 9.18 Å². The Kier molecular flexibility index (Phi) is 3.94. The van der Waals surface area contributed by atoms with Gasteiger partial charge in [-0.1, -0.05) is 23.9 Å². The van der Waals surface area contributed by atoms with Crippen LogP contribution in [0, 0.1) is 5.82 Å². The zero-order valence-electron chi connectivity index (χ0n) is 9.34. The molecule has 0 aliphatic carbocycles. The van der Waals surface area contributed by atoms with Gasteiger partial charge in [-0.25, -0.2) is 9.37 Å². The molecule has 2 rings (SSSR count). The van der Waals surface area contributed by atoms with Crippen LogP contribution in [0.3, 0.4) is 0 Å². The zero-order valence-corrected chi connectivity index (χ0v) is 10.2. The molecule has 1 heterocycles. The molecule has 92 valence electrons. The summed E-state index contributed by atoms with van der Waals surface area (Å²) in [7, 11) is 0. The Morgan fingerprint density at radius 2 is 1.94 bits per heavy atom. The lowest BCUT2D eigenvalue weighted by atomic mass is 10.2. The number of aromatic nitrogens is 1. The van der Waals surface area contributed by atoms with E-state index in [4.69, 9.17) is 5.11 Å². The van der Waals surface area contributed by atoms with E-state index in [1.165, 1.54) is 24.0 Å². The van der Waals surface area contributed by atoms with Crippen LogP contribution in [0.5, 0.6) is 0 Å². The average molecular weight is 263 g/mol. The van der Waals surface area contributed by atoms with Gasteiger partial charge in [0.1, 0.15) is 10.8 Å². The molecule has 2 aromatic rings. The lowest BCUT2D eigenvalue weighted by Crippen LogP contribution is -1.99. The highest BCUT2D eigenvalue weighted by molar-refractivity contribution is 7.99. The van der Waals surface area contributed by atoms with Gasteiger partial charge >= 0.3 is 5.97 Å². The summed E-state index contributed by atoms with van der Waals surface area (Å²) in [6.07, 6.45) is 1.18. The molecule has 1 N–H and O–H groups in total. The van der Waals surface area contributed by atoms with Gasteiger partial charge in [0.05, 0.1) is 12.6 Å². The number of carboxylic acid groups (broad SMARTS) is 1. The lowest BCUT2D eigenvalue weighted by Gasteiger charge is -2.02. The number of aliphatic carboxylic acids is 1. The fourth-order valence-electron chi connectivity index (χ4n) is 1.39. The number of rotatable bonds is 4. The van der Waals surface area contributed by atoms with E-state index in [1.807, 2.05) is 12.1 Å². The van der Waals surface area contributed by atoms with E-state index in [2.05, 4.69) is 4.98 Å². The predicted molar refractivity (Wildman–Crippen MR) is 66.1 cm³/mol. The molecule has 0 spiro atoms. The summed E-state index contributed by atoms with van der Waals surface area (Å²) in [5.41, 5.74) is 0.749. The number of carbonyl (C=O) groups is 1. The summed E-state index contributed by atoms with van der Waals surface area (Å²) >= 11 is 1.40. The van der Waals surface area contributed by atoms with Gasteiger partial charge in [-0.15, -0.1) is 0 Å². The first-order valence-electron chi connectivity index (χ1n) is 5.23. The van der Waals surface area contributed by atoms with E-state index in [1.54, 1.807) is 18.2 Å². The maximum Gasteiger partial charge on any atom is 0.307 e. The number of hydrogen-bond acceptors (Lipinski definition) is 3. The Hall–Kier alpha value is -1.88. The standard InChI is InChI=1S/C13H10FNO2S/c14-10-3-6-12(15-8-10)18-11-4-1-9(2-5-11)7-13(16)17/h1-6,8H,7H2,(H,16,17). The third-order valence-corrected chi connectivity index (χ3v) is 3.16. The normalized spacial score (nSPS) is 10.3. The van der Waals surface area contributed by atoms with Crippen molar-refractivity contribution in [2.45, 2.75) is 16.3 Å². The smallest absolute Gasteiger partial charge is 0.307 e. The van der Waals surface area contributed by atoms with Crippen molar-refractivity contribution < 1.29 is 14.3 Å². The molecular formula is C13H10FNO2S. The summed E-state index contributed by atoms with van der Waals surface area (Å²) in [6.45, 7) is 0. The van der Waals surface area contributed by atoms with Gasteiger partial charge in [0.2, 0.25) is 0 Å². The Morgan fingerprint density at radius 1 is 1.22 bits per heavy atom. The van der Waals surface area contributed by atoms with Gasteiger partial charge in [-0.3, -0.25) is 4.79 Å². The van der Waals surface area contributed by atoms with Crippen molar-refractivity contribution in [1.29, 1.82) is 0 Å². The number of nitrogens with zero attached hydrogens (tertiary/aromatic N) is 1. The first-order chi connectivity index (χ1) is 8.63. The maximum atomic E-state index is 12.7. The molecule has 0 saturated carbocycles. The molecule has 0 aliphatic rings. The monoisotopic (exact) mass is 263 g/mol. The minimum atomic E-state index is -0.851. The molecule has 0 amide bonds. The molecule has 1 aromatic heterocycles. The van der Waals surface area contributed by atoms with Crippen molar-refractivity contribution >= 4 is 17.7 Å². The number of halogens is 1. The predicted octanol–water partition coefficient (Wildman–Crippen LogP) is 3.00. The van der Waals surface area contributed by atoms with E-state index in [-0.39, 0.29) is 12.2 Å². The molecule has 1 aromatic carbocycles. The summed E-state index contributed by atoms with van der Waals surface area (Å²) in [4.78, 5) is 15.4. The quantitative estimate of drug-likeness (QED) is 0.921. The molecule has 0 atom stereocenters. The summed E-state index contributed by atoms with van der Waals surface area (Å²) < 4.78 is 12.7. The largest absolute Gasteiger partial charge is 0.481 e. The van der Waals surface area contributed by atoms with Gasteiger partial charge < -0.3 is 5.11 Å². The lowest BCUT2D eigenvalue weighted by molar-refractivity contribution is -0.136. The highest BCUT2D eigenvalue weighted by Gasteiger charge is 2.02. The molecule has 0 aliphatic heterocycles. The van der Waals surface area contributed by atoms with Gasteiger partial charge in [0.25, 0.3) is 0 Å². The molecule has 5 heteroatoms. The molecule has 18 heavy (non-hydrogen) atoms. The summed E-state index contributed by atoms with van der Waals surface area (Å²) in [5, 5.41) is 9.34. The van der Waals surface area contributed by atoms with Gasteiger partial charge in [0.15, 0.2) is 0 Å². The van der Waals surface area contributed by atoms with Crippen molar-refractivity contribution in [3.8, 4) is 0 Å². The Labute approximate surface area is 108 Å². The third-order valence-electron chi connectivity index (χ3n) is 2.20. The van der Waals surface area contributed by atoms with Crippen LogP contribution >= 0.6 is 11.8 Å². The van der Waals surface area contributed by atoms with Crippen LogP contribution in [0.2, 0.25) is 0 Å². The number of hydrogen-bond donors (Lipinski definition) is 1. The van der Waals surface area contributed by atoms with Gasteiger partial charge in [-0.05, 0) is 29.8 Å². The first kappa shape index (κ1) is 12.6. The van der Waals surface area contributed by atoms with Crippen LogP contribution in [0.4, 0.5) is 4.39 Å². The SMILES string of the molecule is O=C(O)Cc1ccc(Sc2ccc(F)cn2)cc1. The fourth-order valence-corrected chi connectivity index (χ4v) is 2.15. The van der Waals surface area contributed by atoms with Gasteiger partial charge in [0, 0.05) is 4.90 Å². The Morgan fingerprint density at radius 3 is 2.50 bits per heavy atom. The topological polar surface area (TPSA) is 50.2 Å². The molecule has 0 radical (unpaired) electrons. The average Bonchev–Trinajstić information content (AvgIpc) is 2.34. The molecular weight excluding hydrogens is 253 g/mol. The van der Waals surface area contributed by atoms with Crippen LogP contribution in [0.1, 0.15) is 5.56 Å². The second kappa shape index (κ2) is 5.64. The van der Waals surface area contributed by atoms with E-state index in [0.717, 1.165) is 10.5 Å². The second-order valence-electron chi connectivity index (χ2n) is 3.63. The highest BCUT2D eigenvalue weighted by atomic mass is 32.2.